The Hall–Kier alpha value is -1.71. The van der Waals surface area contributed by atoms with E-state index < -0.39 is 6.09 Å². The van der Waals surface area contributed by atoms with Crippen molar-refractivity contribution in [1.82, 2.24) is 0 Å². The molecule has 4 nitrogen and oxygen atoms in total. The summed E-state index contributed by atoms with van der Waals surface area (Å²) in [5.74, 6) is 0.843. The molecule has 0 aromatic heterocycles. The Morgan fingerprint density at radius 2 is 2.00 bits per heavy atom. The lowest BCUT2D eigenvalue weighted by molar-refractivity contribution is 0.187. The van der Waals surface area contributed by atoms with Gasteiger partial charge in [0.2, 0.25) is 0 Å². The summed E-state index contributed by atoms with van der Waals surface area (Å²) in [5.41, 5.74) is 2.67. The van der Waals surface area contributed by atoms with Crippen molar-refractivity contribution in [2.75, 3.05) is 19.0 Å². The van der Waals surface area contributed by atoms with Gasteiger partial charge >= 0.3 is 6.09 Å². The molecule has 1 rings (SSSR count). The Bertz CT molecular complexity index is 388. The van der Waals surface area contributed by atoms with Gasteiger partial charge < -0.3 is 9.47 Å². The van der Waals surface area contributed by atoms with Gasteiger partial charge in [-0.1, -0.05) is 0 Å². The van der Waals surface area contributed by atoms with Crippen LogP contribution in [0.5, 0.6) is 5.75 Å². The molecule has 0 aliphatic carbocycles. The molecule has 0 aliphatic heterocycles. The Balaban J connectivity index is 2.96. The highest BCUT2D eigenvalue weighted by Crippen LogP contribution is 2.26. The number of rotatable bonds is 3. The molecule has 0 fully saturated rings. The molecule has 0 atom stereocenters. The van der Waals surface area contributed by atoms with Gasteiger partial charge in [-0.05, 0) is 44.0 Å². The van der Waals surface area contributed by atoms with Crippen LogP contribution in [0.25, 0.3) is 0 Å². The van der Waals surface area contributed by atoms with E-state index >= 15 is 0 Å². The first-order valence-corrected chi connectivity index (χ1v) is 5.17. The van der Waals surface area contributed by atoms with Crippen molar-refractivity contribution in [3.63, 3.8) is 0 Å². The van der Waals surface area contributed by atoms with Crippen molar-refractivity contribution in [2.24, 2.45) is 0 Å². The fourth-order valence-corrected chi connectivity index (χ4v) is 1.40. The molecule has 0 heterocycles. The number of aryl methyl sites for hydroxylation is 2. The van der Waals surface area contributed by atoms with E-state index in [2.05, 4.69) is 10.1 Å². The molecule has 0 saturated carbocycles. The van der Waals surface area contributed by atoms with E-state index in [-0.39, 0.29) is 0 Å². The van der Waals surface area contributed by atoms with E-state index in [1.165, 1.54) is 7.11 Å². The summed E-state index contributed by atoms with van der Waals surface area (Å²) < 4.78 is 10.0. The van der Waals surface area contributed by atoms with Crippen LogP contribution in [0.1, 0.15) is 18.1 Å². The maximum atomic E-state index is 11.1. The maximum Gasteiger partial charge on any atom is 0.411 e. The maximum absolute atomic E-state index is 11.1. The number of anilines is 1. The van der Waals surface area contributed by atoms with Gasteiger partial charge in [-0.3, -0.25) is 5.32 Å². The Morgan fingerprint density at radius 1 is 1.31 bits per heavy atom. The first-order valence-electron chi connectivity index (χ1n) is 5.17. The van der Waals surface area contributed by atoms with Gasteiger partial charge in [0.1, 0.15) is 5.75 Å². The van der Waals surface area contributed by atoms with Crippen LogP contribution in [0.2, 0.25) is 0 Å². The SMILES string of the molecule is CCOc1cc(C)c(NC(=O)OC)cc1C. The third kappa shape index (κ3) is 2.89. The van der Waals surface area contributed by atoms with Crippen LogP contribution in [-0.2, 0) is 4.74 Å². The average molecular weight is 223 g/mol. The van der Waals surface area contributed by atoms with Gasteiger partial charge in [0.15, 0.2) is 0 Å². The minimum Gasteiger partial charge on any atom is -0.494 e. The average Bonchev–Trinajstić information content (AvgIpc) is 2.25. The van der Waals surface area contributed by atoms with Crippen LogP contribution in [-0.4, -0.2) is 19.8 Å². The zero-order valence-electron chi connectivity index (χ0n) is 10.1. The van der Waals surface area contributed by atoms with Crippen LogP contribution in [0, 0.1) is 13.8 Å². The van der Waals surface area contributed by atoms with Crippen LogP contribution in [0.3, 0.4) is 0 Å². The van der Waals surface area contributed by atoms with Gasteiger partial charge in [0.25, 0.3) is 0 Å². The van der Waals surface area contributed by atoms with E-state index in [9.17, 15) is 4.79 Å². The largest absolute Gasteiger partial charge is 0.494 e. The molecule has 0 aliphatic rings. The first kappa shape index (κ1) is 12.4. The normalized spacial score (nSPS) is 9.75. The van der Waals surface area contributed by atoms with E-state index in [0.717, 1.165) is 22.6 Å². The summed E-state index contributed by atoms with van der Waals surface area (Å²) in [6, 6.07) is 3.78. The van der Waals surface area contributed by atoms with Crippen LogP contribution in [0.4, 0.5) is 10.5 Å². The predicted octanol–water partition coefficient (Wildman–Crippen LogP) is 2.88. The van der Waals surface area contributed by atoms with E-state index in [1.807, 2.05) is 32.9 Å². The van der Waals surface area contributed by atoms with Crippen molar-refractivity contribution >= 4 is 11.8 Å². The molecule has 1 aromatic rings. The van der Waals surface area contributed by atoms with Crippen molar-refractivity contribution in [3.05, 3.63) is 23.3 Å². The van der Waals surface area contributed by atoms with Crippen molar-refractivity contribution in [2.45, 2.75) is 20.8 Å². The smallest absolute Gasteiger partial charge is 0.411 e. The second-order valence-electron chi connectivity index (χ2n) is 3.48. The summed E-state index contributed by atoms with van der Waals surface area (Å²) in [5, 5.41) is 2.65. The minimum atomic E-state index is -0.466. The van der Waals surface area contributed by atoms with Crippen molar-refractivity contribution in [1.29, 1.82) is 0 Å². The first-order chi connectivity index (χ1) is 7.58. The molecule has 0 bridgehead atoms. The van der Waals surface area contributed by atoms with E-state index in [4.69, 9.17) is 4.74 Å². The lowest BCUT2D eigenvalue weighted by Gasteiger charge is -2.12. The number of methoxy groups -OCH3 is 1. The summed E-state index contributed by atoms with van der Waals surface area (Å²) in [6.07, 6.45) is -0.466. The van der Waals surface area contributed by atoms with Crippen LogP contribution >= 0.6 is 0 Å². The number of amides is 1. The van der Waals surface area contributed by atoms with Crippen LogP contribution < -0.4 is 10.1 Å². The summed E-state index contributed by atoms with van der Waals surface area (Å²) in [7, 11) is 1.34. The Morgan fingerprint density at radius 3 is 2.56 bits per heavy atom. The molecule has 1 aromatic carbocycles. The molecular weight excluding hydrogens is 206 g/mol. The van der Waals surface area contributed by atoms with Gasteiger partial charge in [-0.2, -0.15) is 0 Å². The zero-order valence-corrected chi connectivity index (χ0v) is 10.1. The molecule has 0 radical (unpaired) electrons. The molecule has 88 valence electrons. The number of hydrogen-bond acceptors (Lipinski definition) is 3. The number of carbonyl (C=O) groups is 1. The number of carbonyl (C=O) groups excluding carboxylic acids is 1. The van der Waals surface area contributed by atoms with Gasteiger partial charge in [-0.15, -0.1) is 0 Å². The molecular formula is C12H17NO3. The molecule has 1 N–H and O–H groups in total. The minimum absolute atomic E-state index is 0.466. The fourth-order valence-electron chi connectivity index (χ4n) is 1.40. The molecule has 16 heavy (non-hydrogen) atoms. The van der Waals surface area contributed by atoms with Gasteiger partial charge in [0.05, 0.1) is 13.7 Å². The highest BCUT2D eigenvalue weighted by molar-refractivity contribution is 5.85. The third-order valence-electron chi connectivity index (χ3n) is 2.24. The Kier molecular flexibility index (Phi) is 4.17. The highest BCUT2D eigenvalue weighted by atomic mass is 16.5. The number of benzene rings is 1. The number of ether oxygens (including phenoxy) is 2. The number of hydrogen-bond donors (Lipinski definition) is 1. The predicted molar refractivity (Wildman–Crippen MR) is 63.1 cm³/mol. The second kappa shape index (κ2) is 5.39. The van der Waals surface area contributed by atoms with Gasteiger partial charge in [-0.25, -0.2) is 4.79 Å². The molecule has 0 saturated heterocycles. The topological polar surface area (TPSA) is 47.6 Å². The quantitative estimate of drug-likeness (QED) is 0.857. The van der Waals surface area contributed by atoms with Crippen LogP contribution in [0.15, 0.2) is 12.1 Å². The molecule has 0 unspecified atom stereocenters. The molecule has 4 heteroatoms. The fraction of sp³-hybridized carbons (Fsp3) is 0.417. The number of nitrogens with one attached hydrogen (secondary N) is 1. The standard InChI is InChI=1S/C12H17NO3/c1-5-16-11-7-8(2)10(6-9(11)3)13-12(14)15-4/h6-7H,5H2,1-4H3,(H,13,14). The summed E-state index contributed by atoms with van der Waals surface area (Å²) in [4.78, 5) is 11.1. The summed E-state index contributed by atoms with van der Waals surface area (Å²) in [6.45, 7) is 6.42. The van der Waals surface area contributed by atoms with Gasteiger partial charge in [0, 0.05) is 5.69 Å². The summed E-state index contributed by atoms with van der Waals surface area (Å²) >= 11 is 0. The van der Waals surface area contributed by atoms with Crippen molar-refractivity contribution < 1.29 is 14.3 Å². The lowest BCUT2D eigenvalue weighted by Crippen LogP contribution is -2.12. The van der Waals surface area contributed by atoms with E-state index in [0.29, 0.717) is 6.61 Å². The molecule has 0 spiro atoms. The zero-order chi connectivity index (χ0) is 12.1. The van der Waals surface area contributed by atoms with E-state index in [1.54, 1.807) is 0 Å². The third-order valence-corrected chi connectivity index (χ3v) is 2.24. The lowest BCUT2D eigenvalue weighted by atomic mass is 10.1. The Labute approximate surface area is 95.6 Å². The monoisotopic (exact) mass is 223 g/mol. The molecule has 1 amide bonds. The second-order valence-corrected chi connectivity index (χ2v) is 3.48. The highest BCUT2D eigenvalue weighted by Gasteiger charge is 2.08. The van der Waals surface area contributed by atoms with Crippen molar-refractivity contribution in [3.8, 4) is 5.75 Å².